The molecule has 1 aromatic rings. The van der Waals surface area contributed by atoms with Gasteiger partial charge in [0, 0.05) is 44.1 Å². The molecule has 0 spiro atoms. The summed E-state index contributed by atoms with van der Waals surface area (Å²) in [5.74, 6) is 1.43. The third kappa shape index (κ3) is 3.43. The van der Waals surface area contributed by atoms with Crippen LogP contribution in [-0.4, -0.2) is 56.0 Å². The quantitative estimate of drug-likeness (QED) is 0.839. The smallest absolute Gasteiger partial charge is 0.226 e. The highest BCUT2D eigenvalue weighted by Crippen LogP contribution is 2.40. The van der Waals surface area contributed by atoms with E-state index < -0.39 is 0 Å². The molecular weight excluding hydrogens is 320 g/mol. The SMILES string of the molecule is COc1ccc([C@H]2CCCN2C(=O)[C@H]2CCN(C)C(=O)C2)c(OC)c1. The first-order chi connectivity index (χ1) is 12.0. The lowest BCUT2D eigenvalue weighted by Crippen LogP contribution is -2.43. The van der Waals surface area contributed by atoms with Crippen molar-refractivity contribution in [3.05, 3.63) is 23.8 Å². The number of amides is 2. The topological polar surface area (TPSA) is 59.1 Å². The monoisotopic (exact) mass is 346 g/mol. The summed E-state index contributed by atoms with van der Waals surface area (Å²) >= 11 is 0. The van der Waals surface area contributed by atoms with E-state index in [1.807, 2.05) is 23.1 Å². The molecule has 2 saturated heterocycles. The highest BCUT2D eigenvalue weighted by molar-refractivity contribution is 5.87. The largest absolute Gasteiger partial charge is 0.497 e. The Morgan fingerprint density at radius 2 is 1.96 bits per heavy atom. The minimum atomic E-state index is -0.200. The second kappa shape index (κ2) is 7.33. The van der Waals surface area contributed by atoms with E-state index in [4.69, 9.17) is 9.47 Å². The summed E-state index contributed by atoms with van der Waals surface area (Å²) in [5, 5.41) is 0. The van der Waals surface area contributed by atoms with Crippen LogP contribution >= 0.6 is 0 Å². The molecule has 2 fully saturated rings. The average molecular weight is 346 g/mol. The molecule has 3 rings (SSSR count). The molecule has 2 heterocycles. The molecule has 6 heteroatoms. The van der Waals surface area contributed by atoms with Crippen molar-refractivity contribution in [1.29, 1.82) is 0 Å². The van der Waals surface area contributed by atoms with E-state index in [9.17, 15) is 9.59 Å². The van der Waals surface area contributed by atoms with Gasteiger partial charge in [0.1, 0.15) is 11.5 Å². The van der Waals surface area contributed by atoms with Crippen molar-refractivity contribution in [3.8, 4) is 11.5 Å². The fourth-order valence-corrected chi connectivity index (χ4v) is 3.84. The van der Waals surface area contributed by atoms with Gasteiger partial charge >= 0.3 is 0 Å². The van der Waals surface area contributed by atoms with Gasteiger partial charge in [-0.15, -0.1) is 0 Å². The fourth-order valence-electron chi connectivity index (χ4n) is 3.84. The summed E-state index contributed by atoms with van der Waals surface area (Å²) in [6.45, 7) is 1.39. The van der Waals surface area contributed by atoms with Crippen LogP contribution in [0.15, 0.2) is 18.2 Å². The predicted octanol–water partition coefficient (Wildman–Crippen LogP) is 2.24. The normalized spacial score (nSPS) is 23.7. The first-order valence-electron chi connectivity index (χ1n) is 8.81. The molecule has 25 heavy (non-hydrogen) atoms. The van der Waals surface area contributed by atoms with Crippen LogP contribution in [0, 0.1) is 5.92 Å². The Bertz CT molecular complexity index is 661. The average Bonchev–Trinajstić information content (AvgIpc) is 3.12. The zero-order chi connectivity index (χ0) is 18.0. The van der Waals surface area contributed by atoms with Crippen LogP contribution in [0.1, 0.15) is 37.3 Å². The molecular formula is C19H26N2O4. The minimum Gasteiger partial charge on any atom is -0.497 e. The van der Waals surface area contributed by atoms with Crippen LogP contribution in [0.5, 0.6) is 11.5 Å². The molecule has 136 valence electrons. The van der Waals surface area contributed by atoms with Crippen molar-refractivity contribution in [2.45, 2.75) is 31.7 Å². The van der Waals surface area contributed by atoms with Gasteiger partial charge in [-0.3, -0.25) is 9.59 Å². The Morgan fingerprint density at radius 3 is 2.64 bits per heavy atom. The van der Waals surface area contributed by atoms with Crippen molar-refractivity contribution < 1.29 is 19.1 Å². The number of methoxy groups -OCH3 is 2. The number of carbonyl (C=O) groups is 2. The van der Waals surface area contributed by atoms with Gasteiger partial charge < -0.3 is 19.3 Å². The van der Waals surface area contributed by atoms with Gasteiger partial charge in [-0.05, 0) is 31.4 Å². The summed E-state index contributed by atoms with van der Waals surface area (Å²) in [6, 6.07) is 5.74. The lowest BCUT2D eigenvalue weighted by atomic mass is 9.94. The molecule has 0 aliphatic carbocycles. The van der Waals surface area contributed by atoms with E-state index in [2.05, 4.69) is 0 Å². The molecule has 0 N–H and O–H groups in total. The molecule has 1 aromatic carbocycles. The van der Waals surface area contributed by atoms with E-state index in [1.165, 1.54) is 0 Å². The number of hydrogen-bond acceptors (Lipinski definition) is 4. The zero-order valence-electron chi connectivity index (χ0n) is 15.2. The van der Waals surface area contributed by atoms with Crippen LogP contribution in [-0.2, 0) is 9.59 Å². The first kappa shape index (κ1) is 17.6. The maximum atomic E-state index is 13.0. The summed E-state index contributed by atoms with van der Waals surface area (Å²) in [4.78, 5) is 28.7. The molecule has 2 atom stereocenters. The zero-order valence-corrected chi connectivity index (χ0v) is 15.2. The first-order valence-corrected chi connectivity index (χ1v) is 8.81. The van der Waals surface area contributed by atoms with Crippen LogP contribution in [0.4, 0.5) is 0 Å². The Morgan fingerprint density at radius 1 is 1.16 bits per heavy atom. The van der Waals surface area contributed by atoms with Gasteiger partial charge in [0.15, 0.2) is 0 Å². The van der Waals surface area contributed by atoms with E-state index in [0.29, 0.717) is 13.0 Å². The number of hydrogen-bond donors (Lipinski definition) is 0. The molecule has 2 aliphatic rings. The molecule has 2 amide bonds. The number of ether oxygens (including phenoxy) is 2. The lowest BCUT2D eigenvalue weighted by Gasteiger charge is -2.33. The summed E-state index contributed by atoms with van der Waals surface area (Å²) < 4.78 is 10.8. The number of piperidine rings is 1. The van der Waals surface area contributed by atoms with Crippen LogP contribution in [0.25, 0.3) is 0 Å². The molecule has 2 aliphatic heterocycles. The maximum absolute atomic E-state index is 13.0. The Balaban J connectivity index is 1.81. The van der Waals surface area contributed by atoms with Gasteiger partial charge in [-0.1, -0.05) is 0 Å². The number of likely N-dealkylation sites (tertiary alicyclic amines) is 2. The second-order valence-electron chi connectivity index (χ2n) is 6.80. The molecule has 0 aromatic heterocycles. The van der Waals surface area contributed by atoms with E-state index >= 15 is 0 Å². The summed E-state index contributed by atoms with van der Waals surface area (Å²) in [7, 11) is 5.05. The van der Waals surface area contributed by atoms with E-state index in [0.717, 1.165) is 42.9 Å². The second-order valence-corrected chi connectivity index (χ2v) is 6.80. The van der Waals surface area contributed by atoms with Crippen molar-refractivity contribution >= 4 is 11.8 Å². The third-order valence-corrected chi connectivity index (χ3v) is 5.34. The Hall–Kier alpha value is -2.24. The maximum Gasteiger partial charge on any atom is 0.226 e. The minimum absolute atomic E-state index is 0.00288. The number of benzene rings is 1. The molecule has 0 unspecified atom stereocenters. The van der Waals surface area contributed by atoms with Gasteiger partial charge in [-0.2, -0.15) is 0 Å². The Labute approximate surface area is 148 Å². The van der Waals surface area contributed by atoms with Gasteiger partial charge in [0.2, 0.25) is 11.8 Å². The Kier molecular flexibility index (Phi) is 5.16. The standard InChI is InChI=1S/C19H26N2O4/c1-20-10-8-13(11-18(20)22)19(23)21-9-4-5-16(21)15-7-6-14(24-2)12-17(15)25-3/h6-7,12-13,16H,4-5,8-11H2,1-3H3/t13-,16+/m0/s1. The van der Waals surface area contributed by atoms with Crippen molar-refractivity contribution in [2.24, 2.45) is 5.92 Å². The van der Waals surface area contributed by atoms with Crippen LogP contribution in [0.2, 0.25) is 0 Å². The number of nitrogens with zero attached hydrogens (tertiary/aromatic N) is 2. The molecule has 0 bridgehead atoms. The lowest BCUT2D eigenvalue weighted by molar-refractivity contribution is -0.145. The van der Waals surface area contributed by atoms with Crippen LogP contribution in [0.3, 0.4) is 0 Å². The number of rotatable bonds is 4. The van der Waals surface area contributed by atoms with Crippen molar-refractivity contribution in [3.63, 3.8) is 0 Å². The summed E-state index contributed by atoms with van der Waals surface area (Å²) in [6.07, 6.45) is 2.93. The molecule has 0 radical (unpaired) electrons. The van der Waals surface area contributed by atoms with E-state index in [1.54, 1.807) is 26.2 Å². The highest BCUT2D eigenvalue weighted by atomic mass is 16.5. The van der Waals surface area contributed by atoms with Crippen molar-refractivity contribution in [1.82, 2.24) is 9.80 Å². The molecule has 6 nitrogen and oxygen atoms in total. The van der Waals surface area contributed by atoms with Gasteiger partial charge in [0.05, 0.1) is 20.3 Å². The van der Waals surface area contributed by atoms with Crippen molar-refractivity contribution in [2.75, 3.05) is 34.4 Å². The highest BCUT2D eigenvalue weighted by Gasteiger charge is 2.37. The molecule has 0 saturated carbocycles. The van der Waals surface area contributed by atoms with Crippen LogP contribution < -0.4 is 9.47 Å². The third-order valence-electron chi connectivity index (χ3n) is 5.34. The fraction of sp³-hybridized carbons (Fsp3) is 0.579. The van der Waals surface area contributed by atoms with E-state index in [-0.39, 0.29) is 23.8 Å². The number of carbonyl (C=O) groups excluding carboxylic acids is 2. The van der Waals surface area contributed by atoms with Gasteiger partial charge in [0.25, 0.3) is 0 Å². The predicted molar refractivity (Wildman–Crippen MR) is 93.6 cm³/mol. The summed E-state index contributed by atoms with van der Waals surface area (Å²) in [5.41, 5.74) is 1.01. The van der Waals surface area contributed by atoms with Gasteiger partial charge in [-0.25, -0.2) is 0 Å².